The molecule has 0 amide bonds. The van der Waals surface area contributed by atoms with Gasteiger partial charge in [0.15, 0.2) is 0 Å². The summed E-state index contributed by atoms with van der Waals surface area (Å²) < 4.78 is 1.02. The zero-order valence-corrected chi connectivity index (χ0v) is 13.1. The lowest BCUT2D eigenvalue weighted by Gasteiger charge is -2.17. The highest BCUT2D eigenvalue weighted by atomic mass is 79.9. The van der Waals surface area contributed by atoms with E-state index in [1.807, 2.05) is 36.4 Å². The van der Waals surface area contributed by atoms with Crippen molar-refractivity contribution in [3.8, 4) is 0 Å². The van der Waals surface area contributed by atoms with Crippen LogP contribution in [0.2, 0.25) is 10.0 Å². The molecule has 0 aliphatic heterocycles. The number of nitrogens with one attached hydrogen (secondary N) is 1. The number of nitrogens with two attached hydrogens (primary N) is 1. The lowest BCUT2D eigenvalue weighted by atomic mass is 9.99. The molecule has 0 radical (unpaired) electrons. The maximum Gasteiger partial charge on any atom is 0.0501 e. The summed E-state index contributed by atoms with van der Waals surface area (Å²) in [4.78, 5) is 0. The molecule has 1 unspecified atom stereocenters. The van der Waals surface area contributed by atoms with Gasteiger partial charge in [0, 0.05) is 14.5 Å². The van der Waals surface area contributed by atoms with E-state index in [4.69, 9.17) is 29.0 Å². The fourth-order valence-corrected chi connectivity index (χ4v) is 2.81. The maximum absolute atomic E-state index is 6.19. The van der Waals surface area contributed by atoms with Gasteiger partial charge in [-0.3, -0.25) is 11.3 Å². The third kappa shape index (κ3) is 3.94. The fourth-order valence-electron chi connectivity index (χ4n) is 1.90. The molecule has 0 heterocycles. The third-order valence-electron chi connectivity index (χ3n) is 2.89. The first-order valence-corrected chi connectivity index (χ1v) is 7.30. The van der Waals surface area contributed by atoms with Crippen LogP contribution in [0, 0.1) is 0 Å². The first-order chi connectivity index (χ1) is 9.10. The van der Waals surface area contributed by atoms with Crippen LogP contribution in [0.3, 0.4) is 0 Å². The van der Waals surface area contributed by atoms with E-state index in [1.54, 1.807) is 6.07 Å². The van der Waals surface area contributed by atoms with Gasteiger partial charge in [0.1, 0.15) is 0 Å². The summed E-state index contributed by atoms with van der Waals surface area (Å²) in [5.41, 5.74) is 4.93. The Labute approximate surface area is 131 Å². The molecule has 0 bridgehead atoms. The second-order valence-corrected chi connectivity index (χ2v) is 5.97. The molecule has 19 heavy (non-hydrogen) atoms. The highest BCUT2D eigenvalue weighted by Gasteiger charge is 2.13. The lowest BCUT2D eigenvalue weighted by molar-refractivity contribution is 0.552. The van der Waals surface area contributed by atoms with Gasteiger partial charge < -0.3 is 0 Å². The number of rotatable bonds is 4. The van der Waals surface area contributed by atoms with Crippen molar-refractivity contribution in [2.75, 3.05) is 0 Å². The average molecular weight is 360 g/mol. The van der Waals surface area contributed by atoms with Crippen molar-refractivity contribution in [2.45, 2.75) is 12.5 Å². The Morgan fingerprint density at radius 2 is 1.95 bits per heavy atom. The van der Waals surface area contributed by atoms with Gasteiger partial charge in [-0.1, -0.05) is 57.3 Å². The minimum absolute atomic E-state index is 0.00354. The van der Waals surface area contributed by atoms with E-state index in [0.717, 1.165) is 15.6 Å². The van der Waals surface area contributed by atoms with E-state index in [1.165, 1.54) is 0 Å². The van der Waals surface area contributed by atoms with E-state index in [9.17, 15) is 0 Å². The van der Waals surface area contributed by atoms with Crippen molar-refractivity contribution in [3.05, 3.63) is 68.1 Å². The molecule has 0 aliphatic carbocycles. The number of halogens is 3. The second-order valence-electron chi connectivity index (χ2n) is 4.21. The second kappa shape index (κ2) is 6.73. The first kappa shape index (κ1) is 14.8. The number of hydrogen-bond donors (Lipinski definition) is 2. The molecule has 1 atom stereocenters. The van der Waals surface area contributed by atoms with Crippen LogP contribution >= 0.6 is 39.1 Å². The van der Waals surface area contributed by atoms with Crippen LogP contribution in [0.4, 0.5) is 0 Å². The molecule has 0 spiro atoms. The van der Waals surface area contributed by atoms with E-state index in [2.05, 4.69) is 21.4 Å². The Bertz CT molecular complexity index is 575. The van der Waals surface area contributed by atoms with Crippen molar-refractivity contribution in [3.63, 3.8) is 0 Å². The summed E-state index contributed by atoms with van der Waals surface area (Å²) in [5, 5.41) is 1.29. The molecule has 0 aliphatic rings. The Morgan fingerprint density at radius 3 is 2.58 bits per heavy atom. The van der Waals surface area contributed by atoms with Crippen LogP contribution in [-0.2, 0) is 6.42 Å². The van der Waals surface area contributed by atoms with E-state index in [-0.39, 0.29) is 6.04 Å². The highest BCUT2D eigenvalue weighted by Crippen LogP contribution is 2.26. The molecule has 0 fully saturated rings. The quantitative estimate of drug-likeness (QED) is 0.622. The van der Waals surface area contributed by atoms with Crippen molar-refractivity contribution < 1.29 is 0 Å². The molecule has 2 rings (SSSR count). The summed E-state index contributed by atoms with van der Waals surface area (Å²) in [7, 11) is 0. The molecule has 0 saturated heterocycles. The van der Waals surface area contributed by atoms with Gasteiger partial charge in [0.2, 0.25) is 0 Å². The Morgan fingerprint density at radius 1 is 1.16 bits per heavy atom. The van der Waals surface area contributed by atoms with Gasteiger partial charge in [-0.25, -0.2) is 0 Å². The van der Waals surface area contributed by atoms with Crippen molar-refractivity contribution in [2.24, 2.45) is 5.84 Å². The van der Waals surface area contributed by atoms with Gasteiger partial charge in [-0.05, 0) is 41.8 Å². The SMILES string of the molecule is NNC(Cc1ccc(Cl)cc1Cl)c1cccc(Br)c1. The van der Waals surface area contributed by atoms with Crippen LogP contribution in [-0.4, -0.2) is 0 Å². The zero-order valence-electron chi connectivity index (χ0n) is 10.0. The monoisotopic (exact) mass is 358 g/mol. The number of hydrazine groups is 1. The van der Waals surface area contributed by atoms with Crippen LogP contribution in [0.5, 0.6) is 0 Å². The van der Waals surface area contributed by atoms with Crippen LogP contribution in [0.1, 0.15) is 17.2 Å². The Kier molecular flexibility index (Phi) is 5.25. The number of hydrogen-bond acceptors (Lipinski definition) is 2. The third-order valence-corrected chi connectivity index (χ3v) is 3.97. The smallest absolute Gasteiger partial charge is 0.0501 e. The topological polar surface area (TPSA) is 38.0 Å². The van der Waals surface area contributed by atoms with Gasteiger partial charge in [-0.15, -0.1) is 0 Å². The molecule has 5 heteroatoms. The summed E-state index contributed by atoms with van der Waals surface area (Å²) in [6.45, 7) is 0. The molecular formula is C14H13BrCl2N2. The predicted molar refractivity (Wildman–Crippen MR) is 84.4 cm³/mol. The molecular weight excluding hydrogens is 347 g/mol. The van der Waals surface area contributed by atoms with Crippen molar-refractivity contribution >= 4 is 39.1 Å². The fraction of sp³-hybridized carbons (Fsp3) is 0.143. The standard InChI is InChI=1S/C14H13BrCl2N2/c15-11-3-1-2-10(6-11)14(19-18)7-9-4-5-12(16)8-13(9)17/h1-6,8,14,19H,7,18H2. The van der Waals surface area contributed by atoms with Crippen LogP contribution < -0.4 is 11.3 Å². The minimum atomic E-state index is -0.00354. The minimum Gasteiger partial charge on any atom is -0.271 e. The molecule has 3 N–H and O–H groups in total. The molecule has 2 aromatic rings. The predicted octanol–water partition coefficient (Wildman–Crippen LogP) is 4.50. The highest BCUT2D eigenvalue weighted by molar-refractivity contribution is 9.10. The average Bonchev–Trinajstić information content (AvgIpc) is 2.38. The summed E-state index contributed by atoms with van der Waals surface area (Å²) >= 11 is 15.5. The Hall–Kier alpha value is -0.580. The zero-order chi connectivity index (χ0) is 13.8. The van der Waals surface area contributed by atoms with E-state index >= 15 is 0 Å². The van der Waals surface area contributed by atoms with Crippen LogP contribution in [0.15, 0.2) is 46.9 Å². The van der Waals surface area contributed by atoms with E-state index in [0.29, 0.717) is 16.5 Å². The summed E-state index contributed by atoms with van der Waals surface area (Å²) in [6.07, 6.45) is 0.697. The van der Waals surface area contributed by atoms with Gasteiger partial charge in [-0.2, -0.15) is 0 Å². The first-order valence-electron chi connectivity index (χ1n) is 5.75. The molecule has 2 aromatic carbocycles. The van der Waals surface area contributed by atoms with Crippen molar-refractivity contribution in [1.82, 2.24) is 5.43 Å². The van der Waals surface area contributed by atoms with E-state index < -0.39 is 0 Å². The van der Waals surface area contributed by atoms with Gasteiger partial charge in [0.25, 0.3) is 0 Å². The van der Waals surface area contributed by atoms with Gasteiger partial charge in [0.05, 0.1) is 6.04 Å². The molecule has 0 saturated carbocycles. The number of benzene rings is 2. The molecule has 2 nitrogen and oxygen atoms in total. The molecule has 100 valence electrons. The lowest BCUT2D eigenvalue weighted by Crippen LogP contribution is -2.29. The summed E-state index contributed by atoms with van der Waals surface area (Å²) in [5.74, 6) is 5.65. The normalized spacial score (nSPS) is 12.4. The summed E-state index contributed by atoms with van der Waals surface area (Å²) in [6, 6.07) is 13.5. The Balaban J connectivity index is 2.24. The maximum atomic E-state index is 6.19. The largest absolute Gasteiger partial charge is 0.271 e. The van der Waals surface area contributed by atoms with Crippen molar-refractivity contribution in [1.29, 1.82) is 0 Å². The van der Waals surface area contributed by atoms with Gasteiger partial charge >= 0.3 is 0 Å². The van der Waals surface area contributed by atoms with Crippen LogP contribution in [0.25, 0.3) is 0 Å². The molecule has 0 aromatic heterocycles.